The second-order valence-electron chi connectivity index (χ2n) is 7.63. The zero-order chi connectivity index (χ0) is 17.9. The van der Waals surface area contributed by atoms with Crippen LogP contribution in [-0.4, -0.2) is 46.0 Å². The van der Waals surface area contributed by atoms with E-state index in [0.717, 1.165) is 35.4 Å². The standard InChI is InChI=1S/C20H29N5/c1-15-7-5-9-20(12-15,25(3)4)14-22-18-11-16(2)23-19(24-18)17-8-6-10-21-13-17/h6,8,10-11,13,15H,5,7,9,12,14H2,1-4H3,(H,22,23,24). The first-order valence-corrected chi connectivity index (χ1v) is 9.16. The Labute approximate surface area is 150 Å². The van der Waals surface area contributed by atoms with Crippen molar-refractivity contribution in [3.8, 4) is 11.4 Å². The predicted molar refractivity (Wildman–Crippen MR) is 103 cm³/mol. The molecule has 3 rings (SSSR count). The van der Waals surface area contributed by atoms with Crippen LogP contribution >= 0.6 is 0 Å². The van der Waals surface area contributed by atoms with Crippen molar-refractivity contribution in [2.75, 3.05) is 26.0 Å². The van der Waals surface area contributed by atoms with Gasteiger partial charge in [-0.3, -0.25) is 4.98 Å². The van der Waals surface area contributed by atoms with Gasteiger partial charge in [0.15, 0.2) is 5.82 Å². The minimum atomic E-state index is 0.199. The zero-order valence-electron chi connectivity index (χ0n) is 15.8. The van der Waals surface area contributed by atoms with Gasteiger partial charge in [-0.25, -0.2) is 9.97 Å². The summed E-state index contributed by atoms with van der Waals surface area (Å²) in [4.78, 5) is 15.8. The summed E-state index contributed by atoms with van der Waals surface area (Å²) >= 11 is 0. The third-order valence-corrected chi connectivity index (χ3v) is 5.39. The second kappa shape index (κ2) is 7.48. The van der Waals surface area contributed by atoms with E-state index in [4.69, 9.17) is 4.98 Å². The molecule has 0 radical (unpaired) electrons. The molecule has 0 aromatic carbocycles. The van der Waals surface area contributed by atoms with Crippen molar-refractivity contribution >= 4 is 5.82 Å². The van der Waals surface area contributed by atoms with Gasteiger partial charge >= 0.3 is 0 Å². The summed E-state index contributed by atoms with van der Waals surface area (Å²) in [5.74, 6) is 2.40. The molecule has 2 aromatic rings. The Morgan fingerprint density at radius 2 is 2.16 bits per heavy atom. The number of aryl methyl sites for hydroxylation is 1. The number of nitrogens with one attached hydrogen (secondary N) is 1. The van der Waals surface area contributed by atoms with Crippen LogP contribution in [0, 0.1) is 12.8 Å². The van der Waals surface area contributed by atoms with Gasteiger partial charge in [-0.2, -0.15) is 0 Å². The van der Waals surface area contributed by atoms with E-state index in [1.54, 1.807) is 6.20 Å². The van der Waals surface area contributed by atoms with E-state index in [9.17, 15) is 0 Å². The Morgan fingerprint density at radius 1 is 1.32 bits per heavy atom. The number of aromatic nitrogens is 3. The van der Waals surface area contributed by atoms with Crippen LogP contribution in [0.2, 0.25) is 0 Å². The Balaban J connectivity index is 1.79. The molecule has 0 aliphatic heterocycles. The highest BCUT2D eigenvalue weighted by molar-refractivity contribution is 5.56. The van der Waals surface area contributed by atoms with Crippen LogP contribution in [0.25, 0.3) is 11.4 Å². The van der Waals surface area contributed by atoms with E-state index >= 15 is 0 Å². The Hall–Kier alpha value is -2.01. The highest BCUT2D eigenvalue weighted by Gasteiger charge is 2.36. The van der Waals surface area contributed by atoms with Gasteiger partial charge in [0.25, 0.3) is 0 Å². The van der Waals surface area contributed by atoms with Crippen molar-refractivity contribution in [2.24, 2.45) is 5.92 Å². The van der Waals surface area contributed by atoms with E-state index in [0.29, 0.717) is 0 Å². The molecule has 5 heteroatoms. The lowest BCUT2D eigenvalue weighted by molar-refractivity contribution is 0.0881. The van der Waals surface area contributed by atoms with Crippen LogP contribution in [0.5, 0.6) is 0 Å². The minimum absolute atomic E-state index is 0.199. The number of hydrogen-bond donors (Lipinski definition) is 1. The maximum atomic E-state index is 4.72. The van der Waals surface area contributed by atoms with Crippen molar-refractivity contribution in [2.45, 2.75) is 45.1 Å². The summed E-state index contributed by atoms with van der Waals surface area (Å²) in [5, 5.41) is 3.59. The Kier molecular flexibility index (Phi) is 5.33. The molecule has 5 nitrogen and oxygen atoms in total. The summed E-state index contributed by atoms with van der Waals surface area (Å²) < 4.78 is 0. The maximum absolute atomic E-state index is 4.72. The third kappa shape index (κ3) is 4.15. The number of pyridine rings is 1. The Bertz CT molecular complexity index is 700. The van der Waals surface area contributed by atoms with Gasteiger partial charge in [-0.05, 0) is 51.9 Å². The molecule has 2 atom stereocenters. The van der Waals surface area contributed by atoms with Crippen molar-refractivity contribution in [1.82, 2.24) is 19.9 Å². The first-order chi connectivity index (χ1) is 12.0. The SMILES string of the molecule is Cc1cc(NCC2(N(C)C)CCCC(C)C2)nc(-c2cccnc2)n1. The van der Waals surface area contributed by atoms with Crippen molar-refractivity contribution in [1.29, 1.82) is 0 Å². The molecule has 1 saturated carbocycles. The van der Waals surface area contributed by atoms with Gasteiger partial charge < -0.3 is 10.2 Å². The lowest BCUT2D eigenvalue weighted by atomic mass is 9.75. The van der Waals surface area contributed by atoms with Crippen LogP contribution < -0.4 is 5.32 Å². The largest absolute Gasteiger partial charge is 0.368 e. The molecule has 0 spiro atoms. The summed E-state index contributed by atoms with van der Waals surface area (Å²) in [5.41, 5.74) is 2.11. The molecule has 1 fully saturated rings. The molecular weight excluding hydrogens is 310 g/mol. The number of anilines is 1. The highest BCUT2D eigenvalue weighted by atomic mass is 15.2. The third-order valence-electron chi connectivity index (χ3n) is 5.39. The van der Waals surface area contributed by atoms with E-state index in [2.05, 4.69) is 41.2 Å². The van der Waals surface area contributed by atoms with Crippen molar-refractivity contribution < 1.29 is 0 Å². The summed E-state index contributed by atoms with van der Waals surface area (Å²) in [7, 11) is 4.40. The molecule has 0 amide bonds. The number of hydrogen-bond acceptors (Lipinski definition) is 5. The van der Waals surface area contributed by atoms with Crippen LogP contribution in [0.3, 0.4) is 0 Å². The second-order valence-corrected chi connectivity index (χ2v) is 7.63. The fourth-order valence-corrected chi connectivity index (χ4v) is 3.90. The molecular formula is C20H29N5. The van der Waals surface area contributed by atoms with E-state index in [1.807, 2.05) is 31.3 Å². The fraction of sp³-hybridized carbons (Fsp3) is 0.550. The topological polar surface area (TPSA) is 53.9 Å². The van der Waals surface area contributed by atoms with Crippen LogP contribution in [0.15, 0.2) is 30.6 Å². The molecule has 0 saturated heterocycles. The first kappa shape index (κ1) is 17.8. The number of nitrogens with zero attached hydrogens (tertiary/aromatic N) is 4. The Morgan fingerprint density at radius 3 is 2.84 bits per heavy atom. The van der Waals surface area contributed by atoms with Crippen LogP contribution in [-0.2, 0) is 0 Å². The van der Waals surface area contributed by atoms with E-state index < -0.39 is 0 Å². The first-order valence-electron chi connectivity index (χ1n) is 9.16. The number of rotatable bonds is 5. The quantitative estimate of drug-likeness (QED) is 0.898. The van der Waals surface area contributed by atoms with Gasteiger partial charge in [-0.15, -0.1) is 0 Å². The zero-order valence-corrected chi connectivity index (χ0v) is 15.8. The van der Waals surface area contributed by atoms with E-state index in [-0.39, 0.29) is 5.54 Å². The lowest BCUT2D eigenvalue weighted by Gasteiger charge is -2.45. The predicted octanol–water partition coefficient (Wildman–Crippen LogP) is 3.77. The molecule has 134 valence electrons. The van der Waals surface area contributed by atoms with Gasteiger partial charge in [-0.1, -0.05) is 19.8 Å². The molecule has 1 aliphatic carbocycles. The molecule has 2 heterocycles. The highest BCUT2D eigenvalue weighted by Crippen LogP contribution is 2.35. The molecule has 1 aliphatic rings. The van der Waals surface area contributed by atoms with Crippen LogP contribution in [0.4, 0.5) is 5.82 Å². The normalized spacial score (nSPS) is 23.6. The molecule has 1 N–H and O–H groups in total. The molecule has 25 heavy (non-hydrogen) atoms. The van der Waals surface area contributed by atoms with Crippen molar-refractivity contribution in [3.05, 3.63) is 36.3 Å². The van der Waals surface area contributed by atoms with Gasteiger partial charge in [0.05, 0.1) is 0 Å². The molecule has 2 aromatic heterocycles. The summed E-state index contributed by atoms with van der Waals surface area (Å²) in [6.45, 7) is 5.29. The van der Waals surface area contributed by atoms with E-state index in [1.165, 1.54) is 25.7 Å². The van der Waals surface area contributed by atoms with Gasteiger partial charge in [0.1, 0.15) is 5.82 Å². The van der Waals surface area contributed by atoms with Crippen molar-refractivity contribution in [3.63, 3.8) is 0 Å². The smallest absolute Gasteiger partial charge is 0.163 e. The maximum Gasteiger partial charge on any atom is 0.163 e. The fourth-order valence-electron chi connectivity index (χ4n) is 3.90. The monoisotopic (exact) mass is 339 g/mol. The summed E-state index contributed by atoms with van der Waals surface area (Å²) in [6.07, 6.45) is 8.67. The average Bonchev–Trinajstić information content (AvgIpc) is 2.60. The van der Waals surface area contributed by atoms with Gasteiger partial charge in [0.2, 0.25) is 0 Å². The lowest BCUT2D eigenvalue weighted by Crippen LogP contribution is -2.52. The molecule has 0 bridgehead atoms. The molecule has 2 unspecified atom stereocenters. The summed E-state index contributed by atoms with van der Waals surface area (Å²) in [6, 6.07) is 5.93. The van der Waals surface area contributed by atoms with Gasteiger partial charge in [0, 0.05) is 41.8 Å². The minimum Gasteiger partial charge on any atom is -0.368 e. The number of likely N-dealkylation sites (N-methyl/N-ethyl adjacent to an activating group) is 1. The van der Waals surface area contributed by atoms with Crippen LogP contribution in [0.1, 0.15) is 38.3 Å². The average molecular weight is 339 g/mol.